The van der Waals surface area contributed by atoms with Crippen LogP contribution < -0.4 is 19.6 Å². The average molecular weight is 475 g/mol. The second kappa shape index (κ2) is 9.73. The van der Waals surface area contributed by atoms with E-state index in [0.29, 0.717) is 37.8 Å². The number of piperazine rings is 2. The number of rotatable bonds is 5. The van der Waals surface area contributed by atoms with Gasteiger partial charge in [-0.25, -0.2) is 15.0 Å². The van der Waals surface area contributed by atoms with E-state index in [9.17, 15) is 10.1 Å². The zero-order valence-corrected chi connectivity index (χ0v) is 20.2. The molecule has 2 aliphatic heterocycles. The molecule has 5 rings (SSSR count). The first-order valence-electron chi connectivity index (χ1n) is 12.0. The molecule has 2 aliphatic rings. The molecule has 0 saturated carbocycles. The van der Waals surface area contributed by atoms with Crippen molar-refractivity contribution in [2.45, 2.75) is 13.8 Å². The molecule has 35 heavy (non-hydrogen) atoms. The summed E-state index contributed by atoms with van der Waals surface area (Å²) in [6.45, 7) is 9.87. The van der Waals surface area contributed by atoms with Crippen LogP contribution in [0.2, 0.25) is 0 Å². The number of hydrogen-bond donors (Lipinski definition) is 0. The van der Waals surface area contributed by atoms with Crippen molar-refractivity contribution in [2.24, 2.45) is 0 Å². The van der Waals surface area contributed by atoms with Gasteiger partial charge in [-0.3, -0.25) is 10.1 Å². The maximum atomic E-state index is 12.2. The van der Waals surface area contributed by atoms with Crippen molar-refractivity contribution in [3.8, 4) is 0 Å². The molecule has 2 saturated heterocycles. The summed E-state index contributed by atoms with van der Waals surface area (Å²) in [5, 5.41) is 12.2. The van der Waals surface area contributed by atoms with E-state index in [1.807, 2.05) is 28.0 Å². The largest absolute Gasteiger partial charge is 0.368 e. The standard InChI is InChI=1S/C25H30N8O2/c1-19-6-5-7-21(20(19)2)29-10-14-31(15-11-29)24-23(33(34)35)25(28-18-27-24)32-16-12-30(13-17-32)22-8-3-4-9-26-22/h3-9,18H,10-17H2,1-2H3. The van der Waals surface area contributed by atoms with Crippen molar-refractivity contribution in [3.63, 3.8) is 0 Å². The molecule has 10 heteroatoms. The summed E-state index contributed by atoms with van der Waals surface area (Å²) in [5.41, 5.74) is 3.78. The van der Waals surface area contributed by atoms with E-state index in [1.54, 1.807) is 6.20 Å². The van der Waals surface area contributed by atoms with Crippen LogP contribution in [0.5, 0.6) is 0 Å². The van der Waals surface area contributed by atoms with E-state index < -0.39 is 0 Å². The fraction of sp³-hybridized carbons (Fsp3) is 0.400. The first kappa shape index (κ1) is 22.8. The van der Waals surface area contributed by atoms with Gasteiger partial charge in [0, 0.05) is 64.2 Å². The van der Waals surface area contributed by atoms with Crippen LogP contribution in [-0.2, 0) is 0 Å². The smallest absolute Gasteiger partial charge is 0.353 e. The Kier molecular flexibility index (Phi) is 6.35. The number of hydrogen-bond acceptors (Lipinski definition) is 9. The van der Waals surface area contributed by atoms with Crippen molar-refractivity contribution in [1.82, 2.24) is 15.0 Å². The molecule has 0 N–H and O–H groups in total. The van der Waals surface area contributed by atoms with Crippen molar-refractivity contribution in [2.75, 3.05) is 72.0 Å². The van der Waals surface area contributed by atoms with Gasteiger partial charge in [-0.2, -0.15) is 0 Å². The molecular formula is C25H30N8O2. The molecular weight excluding hydrogens is 444 g/mol. The number of nitro groups is 1. The van der Waals surface area contributed by atoms with Gasteiger partial charge < -0.3 is 19.6 Å². The molecule has 2 aromatic heterocycles. The highest BCUT2D eigenvalue weighted by atomic mass is 16.6. The van der Waals surface area contributed by atoms with Crippen molar-refractivity contribution in [3.05, 3.63) is 70.2 Å². The Morgan fingerprint density at radius 2 is 1.34 bits per heavy atom. The molecule has 0 radical (unpaired) electrons. The first-order chi connectivity index (χ1) is 17.0. The monoisotopic (exact) mass is 474 g/mol. The Hall–Kier alpha value is -3.95. The Morgan fingerprint density at radius 3 is 1.91 bits per heavy atom. The Labute approximate surface area is 205 Å². The van der Waals surface area contributed by atoms with Crippen molar-refractivity contribution >= 4 is 28.8 Å². The molecule has 1 aromatic carbocycles. The van der Waals surface area contributed by atoms with Crippen LogP contribution in [0.15, 0.2) is 48.9 Å². The Morgan fingerprint density at radius 1 is 0.743 bits per heavy atom. The molecule has 3 aromatic rings. The lowest BCUT2D eigenvalue weighted by Gasteiger charge is -2.38. The van der Waals surface area contributed by atoms with E-state index >= 15 is 0 Å². The van der Waals surface area contributed by atoms with Gasteiger partial charge in [0.1, 0.15) is 12.1 Å². The summed E-state index contributed by atoms with van der Waals surface area (Å²) in [4.78, 5) is 33.6. The topological polar surface area (TPSA) is 94.8 Å². The third kappa shape index (κ3) is 4.55. The van der Waals surface area contributed by atoms with Crippen molar-refractivity contribution in [1.29, 1.82) is 0 Å². The number of nitrogens with zero attached hydrogens (tertiary/aromatic N) is 8. The summed E-state index contributed by atoms with van der Waals surface area (Å²) in [6.07, 6.45) is 3.24. The van der Waals surface area contributed by atoms with E-state index in [-0.39, 0.29) is 10.6 Å². The van der Waals surface area contributed by atoms with Crippen LogP contribution in [0.4, 0.5) is 28.8 Å². The van der Waals surface area contributed by atoms with Gasteiger partial charge in [-0.1, -0.05) is 18.2 Å². The van der Waals surface area contributed by atoms with Gasteiger partial charge in [0.25, 0.3) is 0 Å². The molecule has 10 nitrogen and oxygen atoms in total. The van der Waals surface area contributed by atoms with Gasteiger partial charge in [-0.05, 0) is 43.2 Å². The predicted molar refractivity (Wildman–Crippen MR) is 138 cm³/mol. The molecule has 0 unspecified atom stereocenters. The third-order valence-electron chi connectivity index (χ3n) is 7.01. The average Bonchev–Trinajstić information content (AvgIpc) is 2.90. The number of pyridine rings is 1. The van der Waals surface area contributed by atoms with Gasteiger partial charge in [0.05, 0.1) is 4.92 Å². The lowest BCUT2D eigenvalue weighted by Crippen LogP contribution is -2.48. The van der Waals surface area contributed by atoms with Gasteiger partial charge >= 0.3 is 5.69 Å². The summed E-state index contributed by atoms with van der Waals surface area (Å²) >= 11 is 0. The minimum absolute atomic E-state index is 0.000952. The molecule has 0 bridgehead atoms. The SMILES string of the molecule is Cc1cccc(N2CCN(c3ncnc(N4CCN(c5ccccn5)CC4)c3[N+](=O)[O-])CC2)c1C. The van der Waals surface area contributed by atoms with Crippen LogP contribution >= 0.6 is 0 Å². The summed E-state index contributed by atoms with van der Waals surface area (Å²) in [5.74, 6) is 1.73. The second-order valence-electron chi connectivity index (χ2n) is 8.98. The van der Waals surface area contributed by atoms with Crippen LogP contribution in [0, 0.1) is 24.0 Å². The highest BCUT2D eigenvalue weighted by molar-refractivity contribution is 5.72. The molecule has 0 aliphatic carbocycles. The van der Waals surface area contributed by atoms with Crippen LogP contribution in [0.3, 0.4) is 0 Å². The molecule has 0 spiro atoms. The molecule has 0 amide bonds. The summed E-state index contributed by atoms with van der Waals surface area (Å²) < 4.78 is 0. The van der Waals surface area contributed by atoms with E-state index in [0.717, 1.165) is 32.0 Å². The lowest BCUT2D eigenvalue weighted by atomic mass is 10.1. The van der Waals surface area contributed by atoms with Crippen LogP contribution in [0.1, 0.15) is 11.1 Å². The van der Waals surface area contributed by atoms with Crippen molar-refractivity contribution < 1.29 is 4.92 Å². The summed E-state index contributed by atoms with van der Waals surface area (Å²) in [6, 6.07) is 12.2. The molecule has 2 fully saturated rings. The Bertz CT molecular complexity index is 1190. The normalized spacial score (nSPS) is 16.5. The van der Waals surface area contributed by atoms with Crippen LogP contribution in [-0.4, -0.2) is 72.2 Å². The van der Waals surface area contributed by atoms with E-state index in [2.05, 4.69) is 56.8 Å². The maximum absolute atomic E-state index is 12.2. The highest BCUT2D eigenvalue weighted by Crippen LogP contribution is 2.36. The van der Waals surface area contributed by atoms with Gasteiger partial charge in [0.2, 0.25) is 11.6 Å². The van der Waals surface area contributed by atoms with Gasteiger partial charge in [-0.15, -0.1) is 0 Å². The quantitative estimate of drug-likeness (QED) is 0.408. The van der Waals surface area contributed by atoms with E-state index in [4.69, 9.17) is 0 Å². The third-order valence-corrected chi connectivity index (χ3v) is 7.01. The minimum Gasteiger partial charge on any atom is -0.368 e. The second-order valence-corrected chi connectivity index (χ2v) is 8.98. The molecule has 182 valence electrons. The van der Waals surface area contributed by atoms with Gasteiger partial charge in [0.15, 0.2) is 0 Å². The summed E-state index contributed by atoms with van der Waals surface area (Å²) in [7, 11) is 0. The zero-order valence-electron chi connectivity index (χ0n) is 20.2. The van der Waals surface area contributed by atoms with Crippen LogP contribution in [0.25, 0.3) is 0 Å². The predicted octanol–water partition coefficient (Wildman–Crippen LogP) is 3.05. The Balaban J connectivity index is 1.32. The number of anilines is 4. The maximum Gasteiger partial charge on any atom is 0.353 e. The highest BCUT2D eigenvalue weighted by Gasteiger charge is 2.33. The number of aromatic nitrogens is 3. The lowest BCUT2D eigenvalue weighted by molar-refractivity contribution is -0.383. The van der Waals surface area contributed by atoms with E-state index in [1.165, 1.54) is 23.1 Å². The zero-order chi connectivity index (χ0) is 24.4. The minimum atomic E-state index is -0.327. The molecule has 0 atom stereocenters. The first-order valence-corrected chi connectivity index (χ1v) is 12.0. The fourth-order valence-electron chi connectivity index (χ4n) is 4.91. The molecule has 4 heterocycles. The fourth-order valence-corrected chi connectivity index (χ4v) is 4.91. The number of aryl methyl sites for hydroxylation is 1. The number of benzene rings is 1.